The number of hydrogen-bond donors (Lipinski definition) is 0. The van der Waals surface area contributed by atoms with Gasteiger partial charge in [-0.15, -0.1) is 0 Å². The van der Waals surface area contributed by atoms with Gasteiger partial charge in [-0.2, -0.15) is 0 Å². The highest BCUT2D eigenvalue weighted by Gasteiger charge is 2.25. The van der Waals surface area contributed by atoms with Crippen molar-refractivity contribution in [3.05, 3.63) is 0 Å². The van der Waals surface area contributed by atoms with Crippen LogP contribution in [-0.2, 0) is 14.2 Å². The zero-order valence-corrected chi connectivity index (χ0v) is 14.8. The van der Waals surface area contributed by atoms with Crippen LogP contribution in [0.25, 0.3) is 0 Å². The van der Waals surface area contributed by atoms with Crippen molar-refractivity contribution in [2.45, 2.75) is 86.2 Å². The van der Waals surface area contributed by atoms with Gasteiger partial charge in [-0.25, -0.2) is 0 Å². The molecule has 0 aromatic heterocycles. The number of hydrogen-bond acceptors (Lipinski definition) is 3. The van der Waals surface area contributed by atoms with Gasteiger partial charge in [0.15, 0.2) is 0 Å². The first-order valence-corrected chi connectivity index (χ1v) is 8.11. The predicted molar refractivity (Wildman–Crippen MR) is 85.1 cm³/mol. The summed E-state index contributed by atoms with van der Waals surface area (Å²) in [5.74, 6) is 1.02. The number of rotatable bonds is 11. The van der Waals surface area contributed by atoms with Gasteiger partial charge in [-0.05, 0) is 53.9 Å². The Labute approximate surface area is 126 Å². The van der Waals surface area contributed by atoms with E-state index in [-0.39, 0.29) is 24.4 Å². The van der Waals surface area contributed by atoms with Crippen molar-refractivity contribution in [2.24, 2.45) is 11.8 Å². The summed E-state index contributed by atoms with van der Waals surface area (Å²) in [5, 5.41) is 0. The van der Waals surface area contributed by atoms with Gasteiger partial charge >= 0.3 is 0 Å². The third-order valence-corrected chi connectivity index (χ3v) is 2.98. The Kier molecular flexibility index (Phi) is 10.5. The Bertz CT molecular complexity index is 200. The largest absolute Gasteiger partial charge is 0.378 e. The lowest BCUT2D eigenvalue weighted by atomic mass is 9.92. The molecule has 122 valence electrons. The highest BCUT2D eigenvalue weighted by molar-refractivity contribution is 4.73. The van der Waals surface area contributed by atoms with Crippen LogP contribution in [0.5, 0.6) is 0 Å². The first-order valence-electron chi connectivity index (χ1n) is 8.11. The fourth-order valence-corrected chi connectivity index (χ4v) is 2.17. The summed E-state index contributed by atoms with van der Waals surface area (Å²) < 4.78 is 17.7. The van der Waals surface area contributed by atoms with Crippen molar-refractivity contribution in [3.8, 4) is 0 Å². The van der Waals surface area contributed by atoms with E-state index >= 15 is 0 Å². The topological polar surface area (TPSA) is 27.7 Å². The molecule has 3 nitrogen and oxygen atoms in total. The van der Waals surface area contributed by atoms with Crippen molar-refractivity contribution in [3.63, 3.8) is 0 Å². The second-order valence-electron chi connectivity index (χ2n) is 6.88. The highest BCUT2D eigenvalue weighted by Crippen LogP contribution is 2.21. The van der Waals surface area contributed by atoms with Crippen molar-refractivity contribution >= 4 is 0 Å². The van der Waals surface area contributed by atoms with Crippen molar-refractivity contribution in [2.75, 3.05) is 13.2 Å². The third-order valence-electron chi connectivity index (χ3n) is 2.98. The van der Waals surface area contributed by atoms with Crippen LogP contribution in [0.2, 0.25) is 0 Å². The van der Waals surface area contributed by atoms with Crippen molar-refractivity contribution < 1.29 is 14.2 Å². The zero-order chi connectivity index (χ0) is 15.7. The molecule has 0 aromatic carbocycles. The Morgan fingerprint density at radius 1 is 0.650 bits per heavy atom. The second-order valence-corrected chi connectivity index (χ2v) is 6.88. The summed E-state index contributed by atoms with van der Waals surface area (Å²) in [6.45, 7) is 18.3. The molecule has 2 unspecified atom stereocenters. The summed E-state index contributed by atoms with van der Waals surface area (Å²) in [6, 6.07) is 0. The first-order chi connectivity index (χ1) is 9.22. The molecule has 2 atom stereocenters. The van der Waals surface area contributed by atoms with Crippen LogP contribution in [-0.4, -0.2) is 37.6 Å². The zero-order valence-electron chi connectivity index (χ0n) is 14.8. The van der Waals surface area contributed by atoms with Gasteiger partial charge < -0.3 is 14.2 Å². The normalized spacial score (nSPS) is 15.6. The summed E-state index contributed by atoms with van der Waals surface area (Å²) in [7, 11) is 0. The summed E-state index contributed by atoms with van der Waals surface area (Å²) >= 11 is 0. The van der Waals surface area contributed by atoms with Gasteiger partial charge in [0.05, 0.1) is 37.6 Å². The maximum Gasteiger partial charge on any atom is 0.0862 e. The average Bonchev–Trinajstić information content (AvgIpc) is 2.28. The summed E-state index contributed by atoms with van der Waals surface area (Å²) in [6.07, 6.45) is 1.92. The van der Waals surface area contributed by atoms with Crippen molar-refractivity contribution in [1.29, 1.82) is 0 Å². The maximum absolute atomic E-state index is 6.09. The predicted octanol–water partition coefficient (Wildman–Crippen LogP) is 4.29. The van der Waals surface area contributed by atoms with Gasteiger partial charge in [-0.1, -0.05) is 13.8 Å². The molecule has 20 heavy (non-hydrogen) atoms. The molecular formula is C17H36O3. The van der Waals surface area contributed by atoms with Crippen LogP contribution >= 0.6 is 0 Å². The molecule has 0 fully saturated rings. The van der Waals surface area contributed by atoms with Crippen LogP contribution < -0.4 is 0 Å². The lowest BCUT2D eigenvalue weighted by Crippen LogP contribution is -2.36. The van der Waals surface area contributed by atoms with E-state index in [1.54, 1.807) is 0 Å². The average molecular weight is 288 g/mol. The van der Waals surface area contributed by atoms with Crippen LogP contribution in [0.15, 0.2) is 0 Å². The van der Waals surface area contributed by atoms with E-state index in [1.807, 2.05) is 0 Å². The molecule has 0 aliphatic carbocycles. The van der Waals surface area contributed by atoms with Crippen LogP contribution in [0.4, 0.5) is 0 Å². The molecule has 0 N–H and O–H groups in total. The summed E-state index contributed by atoms with van der Waals surface area (Å²) in [5.41, 5.74) is 0. The molecule has 0 saturated carbocycles. The Morgan fingerprint density at radius 3 is 1.55 bits per heavy atom. The lowest BCUT2D eigenvalue weighted by Gasteiger charge is -2.31. The van der Waals surface area contributed by atoms with E-state index in [9.17, 15) is 0 Å². The van der Waals surface area contributed by atoms with Gasteiger partial charge in [0.2, 0.25) is 0 Å². The van der Waals surface area contributed by atoms with Crippen molar-refractivity contribution in [1.82, 2.24) is 0 Å². The molecule has 0 heterocycles. The van der Waals surface area contributed by atoms with Gasteiger partial charge in [0.1, 0.15) is 0 Å². The molecular weight excluding hydrogens is 252 g/mol. The standard InChI is InChI=1S/C17H36O3/c1-12(2)9-16(10-18-13(3)4)17(20-15(7)8)11-19-14(5)6/h12-17H,9-11H2,1-8H3. The quantitative estimate of drug-likeness (QED) is 0.567. The SMILES string of the molecule is CC(C)CC(COC(C)C)C(COC(C)C)OC(C)C. The van der Waals surface area contributed by atoms with Gasteiger partial charge in [-0.3, -0.25) is 0 Å². The smallest absolute Gasteiger partial charge is 0.0862 e. The van der Waals surface area contributed by atoms with Gasteiger partial charge in [0.25, 0.3) is 0 Å². The third kappa shape index (κ3) is 10.6. The van der Waals surface area contributed by atoms with E-state index in [0.29, 0.717) is 18.4 Å². The first kappa shape index (κ1) is 19.9. The summed E-state index contributed by atoms with van der Waals surface area (Å²) in [4.78, 5) is 0. The van der Waals surface area contributed by atoms with E-state index in [2.05, 4.69) is 55.4 Å². The molecule has 0 bridgehead atoms. The minimum Gasteiger partial charge on any atom is -0.378 e. The molecule has 0 aliphatic rings. The molecule has 0 rings (SSSR count). The molecule has 0 aliphatic heterocycles. The van der Waals surface area contributed by atoms with Crippen LogP contribution in [0.1, 0.15) is 61.8 Å². The molecule has 0 aromatic rings. The minimum absolute atomic E-state index is 0.110. The lowest BCUT2D eigenvalue weighted by molar-refractivity contribution is -0.105. The van der Waals surface area contributed by atoms with Crippen LogP contribution in [0.3, 0.4) is 0 Å². The Balaban J connectivity index is 4.66. The monoisotopic (exact) mass is 288 g/mol. The molecule has 0 amide bonds. The Hall–Kier alpha value is -0.120. The van der Waals surface area contributed by atoms with E-state index < -0.39 is 0 Å². The van der Waals surface area contributed by atoms with Gasteiger partial charge in [0, 0.05) is 5.92 Å². The second kappa shape index (κ2) is 10.6. The molecule has 0 spiro atoms. The Morgan fingerprint density at radius 2 is 1.15 bits per heavy atom. The fourth-order valence-electron chi connectivity index (χ4n) is 2.17. The van der Waals surface area contributed by atoms with Crippen LogP contribution in [0, 0.1) is 11.8 Å². The van der Waals surface area contributed by atoms with E-state index in [0.717, 1.165) is 13.0 Å². The van der Waals surface area contributed by atoms with E-state index in [4.69, 9.17) is 14.2 Å². The fraction of sp³-hybridized carbons (Fsp3) is 1.00. The minimum atomic E-state index is 0.110. The van der Waals surface area contributed by atoms with E-state index in [1.165, 1.54) is 0 Å². The highest BCUT2D eigenvalue weighted by atomic mass is 16.5. The molecule has 0 radical (unpaired) electrons. The number of ether oxygens (including phenoxy) is 3. The molecule has 3 heteroatoms. The maximum atomic E-state index is 6.09. The molecule has 0 saturated heterocycles.